The summed E-state index contributed by atoms with van der Waals surface area (Å²) in [6.07, 6.45) is 0.794. The smallest absolute Gasteiger partial charge is 0.279 e. The van der Waals surface area contributed by atoms with Gasteiger partial charge in [0.25, 0.3) is 5.91 Å². The summed E-state index contributed by atoms with van der Waals surface area (Å²) in [6, 6.07) is 33.0. The standard InChI is InChI=1S/C26H24N2OS/c29-25(19-27-26(24-16-9-17-30-24)21-12-5-2-6-13-21)28-23-15-8-7-14-22(23)18-20-10-3-1-4-11-20/h1-17,26-27H,18-19H2,(H,28,29)/p+1/t26-/m0/s1. The van der Waals surface area contributed by atoms with E-state index >= 15 is 0 Å². The van der Waals surface area contributed by atoms with Crippen molar-refractivity contribution in [3.63, 3.8) is 0 Å². The highest BCUT2D eigenvalue weighted by molar-refractivity contribution is 7.10. The maximum atomic E-state index is 12.8. The van der Waals surface area contributed by atoms with E-state index in [1.807, 2.05) is 54.6 Å². The zero-order chi connectivity index (χ0) is 20.6. The second-order valence-corrected chi connectivity index (χ2v) is 8.19. The van der Waals surface area contributed by atoms with Crippen molar-refractivity contribution >= 4 is 22.9 Å². The van der Waals surface area contributed by atoms with Gasteiger partial charge < -0.3 is 10.6 Å². The van der Waals surface area contributed by atoms with Crippen LogP contribution in [0, 0.1) is 0 Å². The Balaban J connectivity index is 1.43. The van der Waals surface area contributed by atoms with Gasteiger partial charge in [0.05, 0.1) is 4.88 Å². The molecule has 150 valence electrons. The van der Waals surface area contributed by atoms with Gasteiger partial charge in [0.2, 0.25) is 0 Å². The summed E-state index contributed by atoms with van der Waals surface area (Å²) in [7, 11) is 0. The molecule has 30 heavy (non-hydrogen) atoms. The molecule has 1 amide bonds. The van der Waals surface area contributed by atoms with Crippen LogP contribution in [0.1, 0.15) is 27.6 Å². The number of hydrogen-bond acceptors (Lipinski definition) is 2. The number of carbonyl (C=O) groups excluding carboxylic acids is 1. The lowest BCUT2D eigenvalue weighted by molar-refractivity contribution is -0.675. The molecular weight excluding hydrogens is 388 g/mol. The zero-order valence-electron chi connectivity index (χ0n) is 16.7. The first-order valence-corrected chi connectivity index (χ1v) is 11.0. The van der Waals surface area contributed by atoms with Crippen LogP contribution < -0.4 is 10.6 Å². The molecule has 1 heterocycles. The van der Waals surface area contributed by atoms with Gasteiger partial charge in [-0.25, -0.2) is 0 Å². The van der Waals surface area contributed by atoms with Crippen molar-refractivity contribution in [2.45, 2.75) is 12.5 Å². The maximum Gasteiger partial charge on any atom is 0.279 e. The summed E-state index contributed by atoms with van der Waals surface area (Å²) in [5.41, 5.74) is 4.44. The predicted octanol–water partition coefficient (Wildman–Crippen LogP) is 4.63. The molecule has 0 spiro atoms. The largest absolute Gasteiger partial charge is 0.328 e. The number of rotatable bonds is 8. The molecule has 3 N–H and O–H groups in total. The van der Waals surface area contributed by atoms with E-state index in [1.165, 1.54) is 16.0 Å². The second kappa shape index (κ2) is 10.0. The Morgan fingerprint density at radius 3 is 2.27 bits per heavy atom. The molecule has 3 aromatic carbocycles. The molecule has 0 bridgehead atoms. The van der Waals surface area contributed by atoms with Gasteiger partial charge in [-0.2, -0.15) is 0 Å². The summed E-state index contributed by atoms with van der Waals surface area (Å²) in [5.74, 6) is 0.00741. The van der Waals surface area contributed by atoms with Crippen LogP contribution in [0.25, 0.3) is 0 Å². The molecule has 0 aliphatic carbocycles. The van der Waals surface area contributed by atoms with Crippen LogP contribution in [-0.2, 0) is 11.2 Å². The minimum absolute atomic E-state index is 0.00741. The Morgan fingerprint density at radius 1 is 0.833 bits per heavy atom. The molecule has 0 aliphatic heterocycles. The molecule has 0 radical (unpaired) electrons. The fraction of sp³-hybridized carbons (Fsp3) is 0.115. The topological polar surface area (TPSA) is 45.7 Å². The number of quaternary nitrogens is 1. The number of carbonyl (C=O) groups is 1. The van der Waals surface area contributed by atoms with Crippen LogP contribution in [0.5, 0.6) is 0 Å². The SMILES string of the molecule is O=C(C[NH2+][C@@H](c1ccccc1)c1cccs1)Nc1ccccc1Cc1ccccc1. The van der Waals surface area contributed by atoms with Crippen LogP contribution in [0.15, 0.2) is 102 Å². The van der Waals surface area contributed by atoms with Crippen molar-refractivity contribution in [1.82, 2.24) is 0 Å². The maximum absolute atomic E-state index is 12.8. The first-order chi connectivity index (χ1) is 14.8. The van der Waals surface area contributed by atoms with Crippen molar-refractivity contribution < 1.29 is 10.1 Å². The van der Waals surface area contributed by atoms with E-state index in [-0.39, 0.29) is 11.9 Å². The molecule has 0 saturated carbocycles. The van der Waals surface area contributed by atoms with Crippen LogP contribution in [0.2, 0.25) is 0 Å². The van der Waals surface area contributed by atoms with Crippen molar-refractivity contribution in [2.24, 2.45) is 0 Å². The number of hydrogen-bond donors (Lipinski definition) is 2. The summed E-state index contributed by atoms with van der Waals surface area (Å²) in [5, 5.41) is 7.31. The van der Waals surface area contributed by atoms with Gasteiger partial charge in [0, 0.05) is 11.3 Å². The summed E-state index contributed by atoms with van der Waals surface area (Å²) < 4.78 is 0. The quantitative estimate of drug-likeness (QED) is 0.435. The predicted molar refractivity (Wildman–Crippen MR) is 124 cm³/mol. The third-order valence-electron chi connectivity index (χ3n) is 5.08. The summed E-state index contributed by atoms with van der Waals surface area (Å²) in [6.45, 7) is 0.358. The average Bonchev–Trinajstić information content (AvgIpc) is 3.31. The molecule has 0 fully saturated rings. The Labute approximate surface area is 181 Å². The lowest BCUT2D eigenvalue weighted by Gasteiger charge is -2.15. The highest BCUT2D eigenvalue weighted by Gasteiger charge is 2.20. The van der Waals surface area contributed by atoms with E-state index in [2.05, 4.69) is 58.5 Å². The van der Waals surface area contributed by atoms with E-state index in [1.54, 1.807) is 11.3 Å². The molecule has 0 aliphatic rings. The van der Waals surface area contributed by atoms with Gasteiger partial charge in [-0.15, -0.1) is 11.3 Å². The van der Waals surface area contributed by atoms with Gasteiger partial charge >= 0.3 is 0 Å². The van der Waals surface area contributed by atoms with Gasteiger partial charge in [0.1, 0.15) is 6.04 Å². The number of nitrogens with two attached hydrogens (primary N) is 1. The molecular formula is C26H25N2OS+. The van der Waals surface area contributed by atoms with Crippen molar-refractivity contribution in [2.75, 3.05) is 11.9 Å². The Bertz CT molecular complexity index is 1060. The van der Waals surface area contributed by atoms with E-state index in [9.17, 15) is 4.79 Å². The van der Waals surface area contributed by atoms with Crippen LogP contribution >= 0.6 is 11.3 Å². The Kier molecular flexibility index (Phi) is 6.70. The first-order valence-electron chi connectivity index (χ1n) is 10.1. The molecule has 1 atom stereocenters. The number of thiophene rings is 1. The number of para-hydroxylation sites is 1. The second-order valence-electron chi connectivity index (χ2n) is 7.21. The molecule has 1 aromatic heterocycles. The van der Waals surface area contributed by atoms with Crippen molar-refractivity contribution in [1.29, 1.82) is 0 Å². The summed E-state index contributed by atoms with van der Waals surface area (Å²) >= 11 is 1.72. The minimum atomic E-state index is 0.00741. The lowest BCUT2D eigenvalue weighted by atomic mass is 10.0. The summed E-state index contributed by atoms with van der Waals surface area (Å²) in [4.78, 5) is 14.0. The number of anilines is 1. The first kappa shape index (κ1) is 20.1. The zero-order valence-corrected chi connectivity index (χ0v) is 17.5. The van der Waals surface area contributed by atoms with E-state index in [4.69, 9.17) is 0 Å². The monoisotopic (exact) mass is 413 g/mol. The van der Waals surface area contributed by atoms with Crippen LogP contribution in [0.3, 0.4) is 0 Å². The average molecular weight is 414 g/mol. The number of amides is 1. The van der Waals surface area contributed by atoms with Gasteiger partial charge in [-0.3, -0.25) is 4.79 Å². The van der Waals surface area contributed by atoms with Gasteiger partial charge in [-0.05, 0) is 35.1 Å². The molecule has 4 heteroatoms. The Hall–Kier alpha value is -3.21. The van der Waals surface area contributed by atoms with E-state index in [0.717, 1.165) is 17.7 Å². The van der Waals surface area contributed by atoms with Gasteiger partial charge in [0.15, 0.2) is 6.54 Å². The van der Waals surface area contributed by atoms with Crippen molar-refractivity contribution in [3.8, 4) is 0 Å². The highest BCUT2D eigenvalue weighted by atomic mass is 32.1. The van der Waals surface area contributed by atoms with Crippen molar-refractivity contribution in [3.05, 3.63) is 124 Å². The van der Waals surface area contributed by atoms with E-state index < -0.39 is 0 Å². The highest BCUT2D eigenvalue weighted by Crippen LogP contribution is 2.22. The molecule has 4 aromatic rings. The number of nitrogens with one attached hydrogen (secondary N) is 1. The minimum Gasteiger partial charge on any atom is -0.328 e. The third-order valence-corrected chi connectivity index (χ3v) is 6.03. The Morgan fingerprint density at radius 2 is 1.53 bits per heavy atom. The fourth-order valence-electron chi connectivity index (χ4n) is 3.58. The molecule has 0 saturated heterocycles. The van der Waals surface area contributed by atoms with Crippen LogP contribution in [-0.4, -0.2) is 12.5 Å². The molecule has 3 nitrogen and oxygen atoms in total. The number of benzene rings is 3. The normalized spacial score (nSPS) is 11.7. The fourth-order valence-corrected chi connectivity index (χ4v) is 4.43. The third kappa shape index (κ3) is 5.23. The lowest BCUT2D eigenvalue weighted by Crippen LogP contribution is -2.87. The molecule has 4 rings (SSSR count). The van der Waals surface area contributed by atoms with E-state index in [0.29, 0.717) is 6.54 Å². The van der Waals surface area contributed by atoms with Crippen LogP contribution in [0.4, 0.5) is 5.69 Å². The van der Waals surface area contributed by atoms with Gasteiger partial charge in [-0.1, -0.05) is 84.9 Å². The molecule has 0 unspecified atom stereocenters.